The molecule has 0 unspecified atom stereocenters. The van der Waals surface area contributed by atoms with E-state index in [2.05, 4.69) is 0 Å². The monoisotopic (exact) mass is 284 g/mol. The molecule has 1 aliphatic rings. The van der Waals surface area contributed by atoms with Crippen molar-refractivity contribution in [3.05, 3.63) is 29.3 Å². The fourth-order valence-electron chi connectivity index (χ4n) is 2.38. The van der Waals surface area contributed by atoms with Gasteiger partial charge in [0.1, 0.15) is 0 Å². The standard InChI is InChI=1S/C14H15F3N2O/c15-14(16,17)13-5-4-12(8-10(13)9-18)19(6-7-20)11-2-1-3-11/h4-5,8,11,20H,1-3,6-7H2. The van der Waals surface area contributed by atoms with Crippen LogP contribution in [-0.4, -0.2) is 24.3 Å². The van der Waals surface area contributed by atoms with Gasteiger partial charge in [-0.3, -0.25) is 0 Å². The quantitative estimate of drug-likeness (QED) is 0.924. The number of anilines is 1. The van der Waals surface area contributed by atoms with Crippen LogP contribution in [0.4, 0.5) is 18.9 Å². The summed E-state index contributed by atoms with van der Waals surface area (Å²) in [5.41, 5.74) is -0.730. The van der Waals surface area contributed by atoms with Crippen molar-refractivity contribution >= 4 is 5.69 Å². The number of nitrogens with zero attached hydrogens (tertiary/aromatic N) is 2. The van der Waals surface area contributed by atoms with Crippen LogP contribution < -0.4 is 4.90 Å². The van der Waals surface area contributed by atoms with Crippen LogP contribution in [0.25, 0.3) is 0 Å². The second-order valence-corrected chi connectivity index (χ2v) is 4.84. The lowest BCUT2D eigenvalue weighted by molar-refractivity contribution is -0.137. The molecule has 0 aromatic heterocycles. The van der Waals surface area contributed by atoms with E-state index in [1.807, 2.05) is 4.90 Å². The van der Waals surface area contributed by atoms with Crippen molar-refractivity contribution in [1.29, 1.82) is 5.26 Å². The van der Waals surface area contributed by atoms with Gasteiger partial charge >= 0.3 is 6.18 Å². The van der Waals surface area contributed by atoms with Crippen LogP contribution in [0.3, 0.4) is 0 Å². The molecular weight excluding hydrogens is 269 g/mol. The lowest BCUT2D eigenvalue weighted by atomic mass is 9.90. The first-order valence-corrected chi connectivity index (χ1v) is 6.46. The van der Waals surface area contributed by atoms with E-state index >= 15 is 0 Å². The number of nitriles is 1. The van der Waals surface area contributed by atoms with E-state index in [0.29, 0.717) is 12.2 Å². The van der Waals surface area contributed by atoms with Crippen LogP contribution >= 0.6 is 0 Å². The highest BCUT2D eigenvalue weighted by Crippen LogP contribution is 2.35. The van der Waals surface area contributed by atoms with Gasteiger partial charge in [0, 0.05) is 18.3 Å². The van der Waals surface area contributed by atoms with Gasteiger partial charge in [-0.1, -0.05) is 0 Å². The third-order valence-electron chi connectivity index (χ3n) is 3.62. The van der Waals surface area contributed by atoms with Gasteiger partial charge in [0.05, 0.1) is 23.8 Å². The maximum Gasteiger partial charge on any atom is 0.417 e. The molecule has 1 aromatic carbocycles. The number of benzene rings is 1. The zero-order valence-corrected chi connectivity index (χ0v) is 10.8. The molecular formula is C14H15F3N2O. The van der Waals surface area contributed by atoms with Gasteiger partial charge in [-0.15, -0.1) is 0 Å². The van der Waals surface area contributed by atoms with Crippen molar-refractivity contribution in [3.8, 4) is 6.07 Å². The minimum absolute atomic E-state index is 0.0700. The topological polar surface area (TPSA) is 47.3 Å². The molecule has 108 valence electrons. The minimum Gasteiger partial charge on any atom is -0.395 e. The summed E-state index contributed by atoms with van der Waals surface area (Å²) in [6.07, 6.45) is -1.52. The Labute approximate surface area is 115 Å². The summed E-state index contributed by atoms with van der Waals surface area (Å²) in [7, 11) is 0. The number of hydrogen-bond acceptors (Lipinski definition) is 3. The number of aliphatic hydroxyl groups excluding tert-OH is 1. The van der Waals surface area contributed by atoms with E-state index in [4.69, 9.17) is 10.4 Å². The normalized spacial score (nSPS) is 15.6. The van der Waals surface area contributed by atoms with Gasteiger partial charge in [0.25, 0.3) is 0 Å². The summed E-state index contributed by atoms with van der Waals surface area (Å²) < 4.78 is 38.2. The molecule has 1 N–H and O–H groups in total. The number of aliphatic hydroxyl groups is 1. The van der Waals surface area contributed by atoms with Crippen LogP contribution in [0.1, 0.15) is 30.4 Å². The van der Waals surface area contributed by atoms with Crippen LogP contribution in [-0.2, 0) is 6.18 Å². The molecule has 0 radical (unpaired) electrons. The molecule has 1 aromatic rings. The number of halogens is 3. The fraction of sp³-hybridized carbons (Fsp3) is 0.500. The molecule has 1 saturated carbocycles. The van der Waals surface area contributed by atoms with E-state index < -0.39 is 11.7 Å². The first-order valence-electron chi connectivity index (χ1n) is 6.46. The average molecular weight is 284 g/mol. The predicted molar refractivity (Wildman–Crippen MR) is 68.2 cm³/mol. The van der Waals surface area contributed by atoms with Gasteiger partial charge in [0.15, 0.2) is 0 Å². The van der Waals surface area contributed by atoms with Gasteiger partial charge in [-0.2, -0.15) is 18.4 Å². The van der Waals surface area contributed by atoms with Crippen molar-refractivity contribution in [2.75, 3.05) is 18.1 Å². The lowest BCUT2D eigenvalue weighted by Gasteiger charge is -2.39. The van der Waals surface area contributed by atoms with E-state index in [1.165, 1.54) is 12.1 Å². The Morgan fingerprint density at radius 3 is 2.50 bits per heavy atom. The highest BCUT2D eigenvalue weighted by molar-refractivity contribution is 5.56. The van der Waals surface area contributed by atoms with Crippen molar-refractivity contribution in [1.82, 2.24) is 0 Å². The van der Waals surface area contributed by atoms with Crippen LogP contribution in [0.15, 0.2) is 18.2 Å². The summed E-state index contributed by atoms with van der Waals surface area (Å²) in [5, 5.41) is 18.0. The van der Waals surface area contributed by atoms with E-state index in [1.54, 1.807) is 6.07 Å². The van der Waals surface area contributed by atoms with E-state index in [-0.39, 0.29) is 18.2 Å². The fourth-order valence-corrected chi connectivity index (χ4v) is 2.38. The van der Waals surface area contributed by atoms with Crippen molar-refractivity contribution in [2.24, 2.45) is 0 Å². The van der Waals surface area contributed by atoms with E-state index in [9.17, 15) is 13.2 Å². The van der Waals surface area contributed by atoms with Crippen LogP contribution in [0.5, 0.6) is 0 Å². The maximum atomic E-state index is 12.7. The molecule has 0 bridgehead atoms. The Balaban J connectivity index is 2.34. The number of rotatable bonds is 4. The zero-order valence-electron chi connectivity index (χ0n) is 10.8. The first-order chi connectivity index (χ1) is 9.47. The van der Waals surface area contributed by atoms with Crippen molar-refractivity contribution in [2.45, 2.75) is 31.5 Å². The third-order valence-corrected chi connectivity index (χ3v) is 3.62. The molecule has 0 spiro atoms. The second kappa shape index (κ2) is 5.71. The summed E-state index contributed by atoms with van der Waals surface area (Å²) >= 11 is 0. The van der Waals surface area contributed by atoms with Gasteiger partial charge in [0.2, 0.25) is 0 Å². The maximum absolute atomic E-state index is 12.7. The molecule has 0 heterocycles. The molecule has 3 nitrogen and oxygen atoms in total. The lowest BCUT2D eigenvalue weighted by Crippen LogP contribution is -2.42. The summed E-state index contributed by atoms with van der Waals surface area (Å²) in [5.74, 6) is 0. The average Bonchev–Trinajstić information content (AvgIpc) is 2.34. The largest absolute Gasteiger partial charge is 0.417 e. The minimum atomic E-state index is -4.53. The molecule has 1 aliphatic carbocycles. The molecule has 0 saturated heterocycles. The summed E-state index contributed by atoms with van der Waals surface area (Å²) in [6, 6.07) is 5.42. The molecule has 1 fully saturated rings. The first kappa shape index (κ1) is 14.7. The van der Waals surface area contributed by atoms with E-state index in [0.717, 1.165) is 25.3 Å². The molecule has 20 heavy (non-hydrogen) atoms. The Kier molecular flexibility index (Phi) is 4.19. The molecule has 0 aliphatic heterocycles. The third kappa shape index (κ3) is 2.88. The smallest absolute Gasteiger partial charge is 0.395 e. The molecule has 6 heteroatoms. The van der Waals surface area contributed by atoms with Crippen molar-refractivity contribution in [3.63, 3.8) is 0 Å². The Morgan fingerprint density at radius 2 is 2.05 bits per heavy atom. The Hall–Kier alpha value is -1.74. The predicted octanol–water partition coefficient (Wildman–Crippen LogP) is 2.93. The van der Waals surface area contributed by atoms with Crippen molar-refractivity contribution < 1.29 is 18.3 Å². The van der Waals surface area contributed by atoms with Gasteiger partial charge < -0.3 is 10.0 Å². The zero-order chi connectivity index (χ0) is 14.8. The Bertz CT molecular complexity index is 518. The summed E-state index contributed by atoms with van der Waals surface area (Å²) in [6.45, 7) is 0.292. The second-order valence-electron chi connectivity index (χ2n) is 4.84. The SMILES string of the molecule is N#Cc1cc(N(CCO)C2CCC2)ccc1C(F)(F)F. The highest BCUT2D eigenvalue weighted by Gasteiger charge is 2.34. The van der Waals surface area contributed by atoms with Gasteiger partial charge in [-0.25, -0.2) is 0 Å². The number of hydrogen-bond donors (Lipinski definition) is 1. The molecule has 2 rings (SSSR count). The molecule has 0 atom stereocenters. The summed E-state index contributed by atoms with van der Waals surface area (Å²) in [4.78, 5) is 1.88. The van der Waals surface area contributed by atoms with Gasteiger partial charge in [-0.05, 0) is 37.5 Å². The number of alkyl halides is 3. The van der Waals surface area contributed by atoms with Crippen LogP contribution in [0.2, 0.25) is 0 Å². The van der Waals surface area contributed by atoms with Crippen LogP contribution in [0, 0.1) is 11.3 Å². The molecule has 0 amide bonds. The highest BCUT2D eigenvalue weighted by atomic mass is 19.4. The Morgan fingerprint density at radius 1 is 1.35 bits per heavy atom.